The van der Waals surface area contributed by atoms with Gasteiger partial charge in [0, 0.05) is 29.5 Å². The molecule has 0 aromatic carbocycles. The summed E-state index contributed by atoms with van der Waals surface area (Å²) in [6.45, 7) is 14.4. The summed E-state index contributed by atoms with van der Waals surface area (Å²) >= 11 is 0. The van der Waals surface area contributed by atoms with E-state index in [9.17, 15) is 0 Å². The standard InChI is InChI=1S/C16H29N3O/c1-12(2)8-7-9-20-15-17-10-14(13(3)19-15)11-18-16(4,5)6/h10,12,18H,7-9,11H2,1-6H3. The van der Waals surface area contributed by atoms with Crippen LogP contribution in [0.4, 0.5) is 0 Å². The van der Waals surface area contributed by atoms with Crippen molar-refractivity contribution < 1.29 is 4.74 Å². The van der Waals surface area contributed by atoms with Crippen molar-refractivity contribution in [3.05, 3.63) is 17.5 Å². The summed E-state index contributed by atoms with van der Waals surface area (Å²) in [5, 5.41) is 3.44. The van der Waals surface area contributed by atoms with Crippen molar-refractivity contribution in [2.75, 3.05) is 6.61 Å². The molecule has 1 rings (SSSR count). The Morgan fingerprint density at radius 2 is 2.00 bits per heavy atom. The number of aryl methyl sites for hydroxylation is 1. The van der Waals surface area contributed by atoms with Crippen molar-refractivity contribution in [1.29, 1.82) is 0 Å². The lowest BCUT2D eigenvalue weighted by molar-refractivity contribution is 0.274. The second kappa shape index (κ2) is 7.58. The van der Waals surface area contributed by atoms with Crippen LogP contribution in [0.5, 0.6) is 6.01 Å². The van der Waals surface area contributed by atoms with E-state index in [2.05, 4.69) is 49.9 Å². The van der Waals surface area contributed by atoms with Gasteiger partial charge in [0.05, 0.1) is 6.61 Å². The van der Waals surface area contributed by atoms with Gasteiger partial charge in [-0.3, -0.25) is 0 Å². The monoisotopic (exact) mass is 279 g/mol. The zero-order valence-corrected chi connectivity index (χ0v) is 13.8. The van der Waals surface area contributed by atoms with Crippen molar-refractivity contribution in [3.8, 4) is 6.01 Å². The summed E-state index contributed by atoms with van der Waals surface area (Å²) in [6, 6.07) is 0.491. The van der Waals surface area contributed by atoms with E-state index in [0.717, 1.165) is 24.2 Å². The maximum Gasteiger partial charge on any atom is 0.316 e. The molecule has 20 heavy (non-hydrogen) atoms. The zero-order chi connectivity index (χ0) is 15.2. The molecular formula is C16H29N3O. The molecule has 0 aliphatic heterocycles. The molecule has 0 spiro atoms. The number of rotatable bonds is 7. The molecule has 0 fully saturated rings. The predicted molar refractivity (Wildman–Crippen MR) is 82.9 cm³/mol. The van der Waals surface area contributed by atoms with Crippen LogP contribution in [0.1, 0.15) is 58.7 Å². The minimum absolute atomic E-state index is 0.0957. The number of hydrogen-bond acceptors (Lipinski definition) is 4. The van der Waals surface area contributed by atoms with E-state index in [4.69, 9.17) is 4.74 Å². The molecule has 1 aromatic rings. The van der Waals surface area contributed by atoms with E-state index in [1.807, 2.05) is 13.1 Å². The third-order valence-electron chi connectivity index (χ3n) is 3.03. The molecule has 1 heterocycles. The summed E-state index contributed by atoms with van der Waals surface area (Å²) in [4.78, 5) is 8.70. The molecular weight excluding hydrogens is 250 g/mol. The van der Waals surface area contributed by atoms with E-state index in [1.54, 1.807) is 0 Å². The lowest BCUT2D eigenvalue weighted by Gasteiger charge is -2.21. The van der Waals surface area contributed by atoms with Gasteiger partial charge in [0.25, 0.3) is 0 Å². The smallest absolute Gasteiger partial charge is 0.316 e. The van der Waals surface area contributed by atoms with Crippen LogP contribution in [0.25, 0.3) is 0 Å². The van der Waals surface area contributed by atoms with Gasteiger partial charge in [-0.2, -0.15) is 0 Å². The van der Waals surface area contributed by atoms with Gasteiger partial charge in [-0.15, -0.1) is 0 Å². The number of nitrogens with zero attached hydrogens (tertiary/aromatic N) is 2. The van der Waals surface area contributed by atoms with Gasteiger partial charge in [0.2, 0.25) is 0 Å². The molecule has 0 radical (unpaired) electrons. The summed E-state index contributed by atoms with van der Waals surface area (Å²) in [7, 11) is 0. The summed E-state index contributed by atoms with van der Waals surface area (Å²) < 4.78 is 5.60. The zero-order valence-electron chi connectivity index (χ0n) is 13.8. The summed E-state index contributed by atoms with van der Waals surface area (Å²) in [5.74, 6) is 0.715. The molecule has 0 saturated carbocycles. The van der Waals surface area contributed by atoms with Crippen LogP contribution in [0, 0.1) is 12.8 Å². The van der Waals surface area contributed by atoms with Crippen molar-refractivity contribution in [2.24, 2.45) is 5.92 Å². The van der Waals surface area contributed by atoms with E-state index in [-0.39, 0.29) is 5.54 Å². The number of hydrogen-bond donors (Lipinski definition) is 1. The van der Waals surface area contributed by atoms with Crippen LogP contribution < -0.4 is 10.1 Å². The fourth-order valence-corrected chi connectivity index (χ4v) is 1.73. The van der Waals surface area contributed by atoms with Gasteiger partial charge in [-0.05, 0) is 46.5 Å². The van der Waals surface area contributed by atoms with Gasteiger partial charge >= 0.3 is 6.01 Å². The number of aromatic nitrogens is 2. The number of nitrogens with one attached hydrogen (secondary N) is 1. The highest BCUT2D eigenvalue weighted by Gasteiger charge is 2.11. The minimum atomic E-state index is 0.0957. The summed E-state index contributed by atoms with van der Waals surface area (Å²) in [6.07, 6.45) is 4.08. The normalized spacial score (nSPS) is 11.9. The quantitative estimate of drug-likeness (QED) is 0.776. The summed E-state index contributed by atoms with van der Waals surface area (Å²) in [5.41, 5.74) is 2.20. The van der Waals surface area contributed by atoms with Crippen LogP contribution in [-0.4, -0.2) is 22.1 Å². The van der Waals surface area contributed by atoms with Gasteiger partial charge in [0.1, 0.15) is 0 Å². The highest BCUT2D eigenvalue weighted by atomic mass is 16.5. The first-order valence-corrected chi connectivity index (χ1v) is 7.48. The molecule has 4 nitrogen and oxygen atoms in total. The van der Waals surface area contributed by atoms with Crippen LogP contribution in [0.3, 0.4) is 0 Å². The van der Waals surface area contributed by atoms with Gasteiger partial charge in [-0.1, -0.05) is 13.8 Å². The molecule has 0 amide bonds. The number of ether oxygens (including phenoxy) is 1. The second-order valence-electron chi connectivity index (χ2n) is 6.75. The predicted octanol–water partition coefficient (Wildman–Crippen LogP) is 3.49. The molecule has 0 bridgehead atoms. The fourth-order valence-electron chi connectivity index (χ4n) is 1.73. The Bertz CT molecular complexity index is 411. The molecule has 0 atom stereocenters. The van der Waals surface area contributed by atoms with E-state index >= 15 is 0 Å². The van der Waals surface area contributed by atoms with Crippen molar-refractivity contribution >= 4 is 0 Å². The average Bonchev–Trinajstić information content (AvgIpc) is 2.32. The Labute approximate surface area is 123 Å². The van der Waals surface area contributed by atoms with Crippen LogP contribution >= 0.6 is 0 Å². The van der Waals surface area contributed by atoms with Gasteiger partial charge in [0.15, 0.2) is 0 Å². The van der Waals surface area contributed by atoms with Crippen molar-refractivity contribution in [3.63, 3.8) is 0 Å². The largest absolute Gasteiger partial charge is 0.463 e. The van der Waals surface area contributed by atoms with E-state index in [1.165, 1.54) is 6.42 Å². The SMILES string of the molecule is Cc1nc(OCCCC(C)C)ncc1CNC(C)(C)C. The second-order valence-corrected chi connectivity index (χ2v) is 6.75. The Morgan fingerprint density at radius 1 is 1.30 bits per heavy atom. The van der Waals surface area contributed by atoms with Gasteiger partial charge in [-0.25, -0.2) is 9.97 Å². The Balaban J connectivity index is 2.46. The molecule has 114 valence electrons. The van der Waals surface area contributed by atoms with Crippen LogP contribution in [-0.2, 0) is 6.54 Å². The topological polar surface area (TPSA) is 47.0 Å². The first-order chi connectivity index (χ1) is 9.28. The first kappa shape index (κ1) is 16.9. The molecule has 4 heteroatoms. The van der Waals surface area contributed by atoms with Gasteiger partial charge < -0.3 is 10.1 Å². The van der Waals surface area contributed by atoms with Crippen molar-refractivity contribution in [2.45, 2.75) is 66.5 Å². The third-order valence-corrected chi connectivity index (χ3v) is 3.03. The third kappa shape index (κ3) is 6.85. The lowest BCUT2D eigenvalue weighted by atomic mass is 10.1. The molecule has 0 unspecified atom stereocenters. The maximum absolute atomic E-state index is 5.60. The fraction of sp³-hybridized carbons (Fsp3) is 0.750. The van der Waals surface area contributed by atoms with Crippen LogP contribution in [0.15, 0.2) is 6.20 Å². The average molecular weight is 279 g/mol. The minimum Gasteiger partial charge on any atom is -0.463 e. The lowest BCUT2D eigenvalue weighted by Crippen LogP contribution is -2.35. The van der Waals surface area contributed by atoms with E-state index in [0.29, 0.717) is 18.5 Å². The highest BCUT2D eigenvalue weighted by molar-refractivity contribution is 5.17. The molecule has 1 N–H and O–H groups in total. The molecule has 0 aliphatic carbocycles. The Kier molecular flexibility index (Phi) is 6.40. The molecule has 1 aromatic heterocycles. The molecule has 0 saturated heterocycles. The molecule has 0 aliphatic rings. The van der Waals surface area contributed by atoms with E-state index < -0.39 is 0 Å². The maximum atomic E-state index is 5.60. The van der Waals surface area contributed by atoms with Crippen molar-refractivity contribution in [1.82, 2.24) is 15.3 Å². The Morgan fingerprint density at radius 3 is 2.55 bits per heavy atom. The first-order valence-electron chi connectivity index (χ1n) is 7.48. The highest BCUT2D eigenvalue weighted by Crippen LogP contribution is 2.11. The Hall–Kier alpha value is -1.16. The van der Waals surface area contributed by atoms with Crippen LogP contribution in [0.2, 0.25) is 0 Å².